The van der Waals surface area contributed by atoms with Gasteiger partial charge in [-0.3, -0.25) is 0 Å². The lowest BCUT2D eigenvalue weighted by Crippen LogP contribution is -2.20. The molecule has 0 spiro atoms. The Morgan fingerprint density at radius 2 is 1.50 bits per heavy atom. The van der Waals surface area contributed by atoms with Gasteiger partial charge < -0.3 is 14.6 Å². The highest BCUT2D eigenvalue weighted by atomic mass is 16.7. The number of ether oxygens (including phenoxy) is 2. The van der Waals surface area contributed by atoms with Crippen molar-refractivity contribution < 1.29 is 19.4 Å². The number of aryl methyl sites for hydroxylation is 1. The van der Waals surface area contributed by atoms with Crippen LogP contribution in [0.5, 0.6) is 11.5 Å². The van der Waals surface area contributed by atoms with Gasteiger partial charge in [0.15, 0.2) is 0 Å². The summed E-state index contributed by atoms with van der Waals surface area (Å²) < 4.78 is 11.3. The van der Waals surface area contributed by atoms with Crippen molar-refractivity contribution in [1.82, 2.24) is 0 Å². The van der Waals surface area contributed by atoms with E-state index < -0.39 is 5.97 Å². The number of hydrogen-bond donors (Lipinski definition) is 1. The summed E-state index contributed by atoms with van der Waals surface area (Å²) in [5.74, 6) is -0.0292. The van der Waals surface area contributed by atoms with Gasteiger partial charge in [0.2, 0.25) is 6.79 Å². The molecule has 0 bridgehead atoms. The second kappa shape index (κ2) is 8.17. The van der Waals surface area contributed by atoms with Crippen molar-refractivity contribution in [3.05, 3.63) is 95.1 Å². The van der Waals surface area contributed by atoms with Crippen molar-refractivity contribution in [2.75, 3.05) is 6.79 Å². The summed E-state index contributed by atoms with van der Waals surface area (Å²) in [5.41, 5.74) is 2.60. The van der Waals surface area contributed by atoms with E-state index in [0.29, 0.717) is 11.5 Å². The van der Waals surface area contributed by atoms with Crippen LogP contribution in [-0.4, -0.2) is 17.9 Å². The minimum Gasteiger partial charge on any atom is -0.478 e. The highest BCUT2D eigenvalue weighted by molar-refractivity contribution is 5.92. The molecule has 0 aromatic heterocycles. The van der Waals surface area contributed by atoms with E-state index in [0.717, 1.165) is 16.7 Å². The lowest BCUT2D eigenvalue weighted by Gasteiger charge is -2.27. The third-order valence-corrected chi connectivity index (χ3v) is 4.89. The summed E-state index contributed by atoms with van der Waals surface area (Å²) in [6.45, 7) is 5.96. The van der Waals surface area contributed by atoms with Crippen molar-refractivity contribution in [3.8, 4) is 11.5 Å². The molecule has 1 N–H and O–H groups in total. The van der Waals surface area contributed by atoms with Crippen LogP contribution in [0.3, 0.4) is 0 Å². The van der Waals surface area contributed by atoms with E-state index >= 15 is 0 Å². The van der Waals surface area contributed by atoms with E-state index in [1.54, 1.807) is 6.07 Å². The fourth-order valence-electron chi connectivity index (χ4n) is 3.18. The maximum absolute atomic E-state index is 11.9. The van der Waals surface area contributed by atoms with Gasteiger partial charge in [0, 0.05) is 5.41 Å². The third-order valence-electron chi connectivity index (χ3n) is 4.89. The lowest BCUT2D eigenvalue weighted by molar-refractivity contribution is 0.0681. The zero-order valence-electron chi connectivity index (χ0n) is 16.3. The zero-order valence-corrected chi connectivity index (χ0v) is 16.3. The van der Waals surface area contributed by atoms with E-state index in [2.05, 4.69) is 13.8 Å². The summed E-state index contributed by atoms with van der Waals surface area (Å²) in [6, 6.07) is 23.0. The molecular formula is C24H24O4. The molecule has 0 saturated carbocycles. The van der Waals surface area contributed by atoms with Gasteiger partial charge in [0.05, 0.1) is 0 Å². The van der Waals surface area contributed by atoms with Crippen molar-refractivity contribution >= 4 is 5.97 Å². The number of carboxylic acids is 1. The molecule has 144 valence electrons. The fourth-order valence-corrected chi connectivity index (χ4v) is 3.18. The van der Waals surface area contributed by atoms with E-state index in [1.165, 1.54) is 0 Å². The van der Waals surface area contributed by atoms with Crippen LogP contribution >= 0.6 is 0 Å². The van der Waals surface area contributed by atoms with Crippen LogP contribution in [0.2, 0.25) is 0 Å². The number of benzene rings is 3. The van der Waals surface area contributed by atoms with E-state index in [9.17, 15) is 9.90 Å². The topological polar surface area (TPSA) is 55.8 Å². The smallest absolute Gasteiger partial charge is 0.339 e. The van der Waals surface area contributed by atoms with Crippen LogP contribution in [0.4, 0.5) is 0 Å². The first-order chi connectivity index (χ1) is 13.4. The van der Waals surface area contributed by atoms with Gasteiger partial charge in [-0.15, -0.1) is 0 Å². The quantitative estimate of drug-likeness (QED) is 0.558. The Kier molecular flexibility index (Phi) is 5.69. The number of para-hydroxylation sites is 1. The van der Waals surface area contributed by atoms with Gasteiger partial charge in [-0.1, -0.05) is 68.4 Å². The molecule has 0 saturated heterocycles. The molecule has 3 rings (SSSR count). The maximum atomic E-state index is 11.9. The highest BCUT2D eigenvalue weighted by Gasteiger charge is 2.26. The van der Waals surface area contributed by atoms with E-state index in [4.69, 9.17) is 9.47 Å². The van der Waals surface area contributed by atoms with Crippen LogP contribution in [0.25, 0.3) is 0 Å². The van der Waals surface area contributed by atoms with Crippen LogP contribution in [0.15, 0.2) is 72.8 Å². The Bertz CT molecular complexity index is 947. The van der Waals surface area contributed by atoms with Crippen molar-refractivity contribution in [2.45, 2.75) is 26.2 Å². The first-order valence-electron chi connectivity index (χ1n) is 9.14. The number of carboxylic acid groups (broad SMARTS) is 1. The molecule has 0 radical (unpaired) electrons. The first kappa shape index (κ1) is 19.5. The second-order valence-electron chi connectivity index (χ2n) is 7.19. The predicted octanol–water partition coefficient (Wildman–Crippen LogP) is 5.43. The summed E-state index contributed by atoms with van der Waals surface area (Å²) >= 11 is 0. The number of hydrogen-bond acceptors (Lipinski definition) is 3. The molecule has 0 atom stereocenters. The molecule has 4 nitrogen and oxygen atoms in total. The molecule has 3 aromatic rings. The summed E-state index contributed by atoms with van der Waals surface area (Å²) in [5, 5.41) is 9.75. The molecule has 28 heavy (non-hydrogen) atoms. The van der Waals surface area contributed by atoms with Crippen LogP contribution in [0, 0.1) is 6.92 Å². The number of aromatic carboxylic acids is 1. The molecule has 0 aliphatic heterocycles. The number of carbonyl (C=O) groups is 1. The second-order valence-corrected chi connectivity index (χ2v) is 7.19. The molecule has 0 aliphatic rings. The van der Waals surface area contributed by atoms with Gasteiger partial charge >= 0.3 is 5.97 Å². The number of rotatable bonds is 7. The highest BCUT2D eigenvalue weighted by Crippen LogP contribution is 2.36. The monoisotopic (exact) mass is 376 g/mol. The maximum Gasteiger partial charge on any atom is 0.339 e. The minimum absolute atomic E-state index is 0.0629. The molecule has 3 aromatic carbocycles. The summed E-state index contributed by atoms with van der Waals surface area (Å²) in [4.78, 5) is 11.9. The molecule has 0 heterocycles. The SMILES string of the molecule is Cc1cc(C(C)(C)c2ccccc2)cc(C(=O)O)c1OCOc1ccccc1. The molecular weight excluding hydrogens is 352 g/mol. The Morgan fingerprint density at radius 3 is 2.11 bits per heavy atom. The summed E-state index contributed by atoms with van der Waals surface area (Å²) in [7, 11) is 0. The van der Waals surface area contributed by atoms with Crippen molar-refractivity contribution in [2.24, 2.45) is 0 Å². The molecule has 0 unspecified atom stereocenters. The predicted molar refractivity (Wildman–Crippen MR) is 109 cm³/mol. The molecule has 0 fully saturated rings. The van der Waals surface area contributed by atoms with E-state index in [1.807, 2.05) is 73.7 Å². The Balaban J connectivity index is 1.89. The van der Waals surface area contributed by atoms with E-state index in [-0.39, 0.29) is 17.8 Å². The average molecular weight is 376 g/mol. The zero-order chi connectivity index (χ0) is 20.1. The van der Waals surface area contributed by atoms with Crippen molar-refractivity contribution in [1.29, 1.82) is 0 Å². The van der Waals surface area contributed by atoms with Crippen LogP contribution < -0.4 is 9.47 Å². The van der Waals surface area contributed by atoms with Gasteiger partial charge in [-0.25, -0.2) is 4.79 Å². The van der Waals surface area contributed by atoms with Crippen molar-refractivity contribution in [3.63, 3.8) is 0 Å². The van der Waals surface area contributed by atoms with Gasteiger partial charge in [-0.05, 0) is 41.8 Å². The first-order valence-corrected chi connectivity index (χ1v) is 9.14. The molecule has 0 amide bonds. The largest absolute Gasteiger partial charge is 0.478 e. The van der Waals surface area contributed by atoms with Gasteiger partial charge in [0.1, 0.15) is 17.1 Å². The summed E-state index contributed by atoms with van der Waals surface area (Å²) in [6.07, 6.45) is 0. The molecule has 0 aliphatic carbocycles. The van der Waals surface area contributed by atoms with Crippen LogP contribution in [-0.2, 0) is 5.41 Å². The Morgan fingerprint density at radius 1 is 0.893 bits per heavy atom. The molecule has 4 heteroatoms. The standard InChI is InChI=1S/C24H24O4/c1-17-14-19(24(2,3)18-10-6-4-7-11-18)15-21(23(25)26)22(17)28-16-27-20-12-8-5-9-13-20/h4-15H,16H2,1-3H3,(H,25,26). The average Bonchev–Trinajstić information content (AvgIpc) is 2.70. The Labute approximate surface area is 165 Å². The Hall–Kier alpha value is -3.27. The minimum atomic E-state index is -1.02. The normalized spacial score (nSPS) is 11.1. The van der Waals surface area contributed by atoms with Gasteiger partial charge in [0.25, 0.3) is 0 Å². The lowest BCUT2D eigenvalue weighted by atomic mass is 9.77. The van der Waals surface area contributed by atoms with Gasteiger partial charge in [-0.2, -0.15) is 0 Å². The third kappa shape index (κ3) is 4.17. The fraction of sp³-hybridized carbons (Fsp3) is 0.208. The van der Waals surface area contributed by atoms with Crippen LogP contribution in [0.1, 0.15) is 40.9 Å².